The van der Waals surface area contributed by atoms with Crippen molar-refractivity contribution in [3.63, 3.8) is 0 Å². The molecule has 2 nitrogen and oxygen atoms in total. The molecule has 0 saturated carbocycles. The van der Waals surface area contributed by atoms with Crippen LogP contribution in [0.1, 0.15) is 48.6 Å². The van der Waals surface area contributed by atoms with Crippen LogP contribution >= 0.6 is 22.7 Å². The molecule has 0 unspecified atom stereocenters. The molecular formula is C35H36F6N2S2. The van der Waals surface area contributed by atoms with E-state index in [0.29, 0.717) is 20.9 Å². The van der Waals surface area contributed by atoms with Crippen molar-refractivity contribution in [3.05, 3.63) is 81.5 Å². The standard InChI is InChI=1S/C35H36F6N2S2/c1-7-42(8-2)25-15-11-23(12-16-25)29-19-27(21(5)44-29)31-32(34(38,39)35(40,41)33(31,36)37)28-20-30(45-22(28)6)24-13-17-26(18-14-24)43(9-3)10-4/h11-20H,7-10H2,1-6H3. The third kappa shape index (κ3) is 5.37. The minimum absolute atomic E-state index is 0.263. The number of nitrogens with zero attached hydrogens (tertiary/aromatic N) is 2. The highest BCUT2D eigenvalue weighted by Crippen LogP contribution is 2.66. The Morgan fingerprint density at radius 3 is 1.13 bits per heavy atom. The van der Waals surface area contributed by atoms with Crippen molar-refractivity contribution >= 4 is 45.2 Å². The number of alkyl halides is 6. The van der Waals surface area contributed by atoms with Crippen LogP contribution in [0.4, 0.5) is 37.7 Å². The molecule has 45 heavy (non-hydrogen) atoms. The zero-order chi connectivity index (χ0) is 32.9. The molecule has 0 bridgehead atoms. The molecule has 240 valence electrons. The minimum atomic E-state index is -5.61. The zero-order valence-corrected chi connectivity index (χ0v) is 27.7. The Labute approximate surface area is 268 Å². The van der Waals surface area contributed by atoms with Crippen molar-refractivity contribution in [1.29, 1.82) is 0 Å². The van der Waals surface area contributed by atoms with Gasteiger partial charge in [0.25, 0.3) is 0 Å². The molecule has 0 atom stereocenters. The number of halogens is 6. The number of rotatable bonds is 10. The average molecular weight is 663 g/mol. The first-order valence-electron chi connectivity index (χ1n) is 15.0. The molecule has 2 heterocycles. The zero-order valence-electron chi connectivity index (χ0n) is 26.1. The van der Waals surface area contributed by atoms with Crippen LogP contribution in [-0.2, 0) is 0 Å². The summed E-state index contributed by atoms with van der Waals surface area (Å²) >= 11 is 2.24. The summed E-state index contributed by atoms with van der Waals surface area (Å²) in [6.45, 7) is 14.4. The fraction of sp³-hybridized carbons (Fsp3) is 0.371. The molecule has 10 heteroatoms. The molecule has 2 aromatic carbocycles. The van der Waals surface area contributed by atoms with Crippen LogP contribution in [0.5, 0.6) is 0 Å². The van der Waals surface area contributed by atoms with Gasteiger partial charge in [-0.25, -0.2) is 0 Å². The van der Waals surface area contributed by atoms with E-state index < -0.39 is 28.9 Å². The maximum Gasteiger partial charge on any atom is 0.380 e. The number of allylic oxidation sites excluding steroid dienone is 2. The smallest absolute Gasteiger partial charge is 0.372 e. The summed E-state index contributed by atoms with van der Waals surface area (Å²) in [5, 5.41) is 0. The van der Waals surface area contributed by atoms with E-state index in [-0.39, 0.29) is 20.9 Å². The molecule has 0 fully saturated rings. The second kappa shape index (κ2) is 12.2. The van der Waals surface area contributed by atoms with E-state index in [1.54, 1.807) is 0 Å². The van der Waals surface area contributed by atoms with E-state index in [2.05, 4.69) is 9.80 Å². The number of anilines is 2. The van der Waals surface area contributed by atoms with E-state index in [1.807, 2.05) is 76.2 Å². The number of aryl methyl sites for hydroxylation is 2. The van der Waals surface area contributed by atoms with E-state index in [4.69, 9.17) is 0 Å². The van der Waals surface area contributed by atoms with Crippen LogP contribution in [0.2, 0.25) is 0 Å². The van der Waals surface area contributed by atoms with Gasteiger partial charge in [0.2, 0.25) is 0 Å². The lowest BCUT2D eigenvalue weighted by Gasteiger charge is -2.25. The number of hydrogen-bond donors (Lipinski definition) is 0. The largest absolute Gasteiger partial charge is 0.380 e. The second-order valence-electron chi connectivity index (χ2n) is 11.1. The predicted octanol–water partition coefficient (Wildman–Crippen LogP) is 11.3. The summed E-state index contributed by atoms with van der Waals surface area (Å²) in [5.74, 6) is -15.8. The van der Waals surface area contributed by atoms with Crippen LogP contribution in [-0.4, -0.2) is 43.9 Å². The Morgan fingerprint density at radius 1 is 0.533 bits per heavy atom. The van der Waals surface area contributed by atoms with Crippen LogP contribution in [0.15, 0.2) is 60.7 Å². The van der Waals surface area contributed by atoms with Gasteiger partial charge in [0.1, 0.15) is 0 Å². The molecule has 0 amide bonds. The summed E-state index contributed by atoms with van der Waals surface area (Å²) < 4.78 is 92.9. The molecule has 0 N–H and O–H groups in total. The summed E-state index contributed by atoms with van der Waals surface area (Å²) in [4.78, 5) is 5.88. The van der Waals surface area contributed by atoms with E-state index in [9.17, 15) is 0 Å². The number of hydrogen-bond acceptors (Lipinski definition) is 4. The first kappa shape index (κ1) is 33.1. The topological polar surface area (TPSA) is 6.48 Å². The van der Waals surface area contributed by atoms with Gasteiger partial charge in [0, 0.05) is 68.2 Å². The number of thiophene rings is 2. The molecule has 5 rings (SSSR count). The van der Waals surface area contributed by atoms with Crippen LogP contribution in [0.3, 0.4) is 0 Å². The van der Waals surface area contributed by atoms with Crippen molar-refractivity contribution in [2.75, 3.05) is 36.0 Å². The quantitative estimate of drug-likeness (QED) is 0.156. The summed E-state index contributed by atoms with van der Waals surface area (Å²) in [6.07, 6.45) is 0. The Kier molecular flexibility index (Phi) is 8.96. The highest BCUT2D eigenvalue weighted by Gasteiger charge is 2.80. The lowest BCUT2D eigenvalue weighted by molar-refractivity contribution is -0.254. The molecule has 0 spiro atoms. The van der Waals surface area contributed by atoms with Gasteiger partial charge in [-0.2, -0.15) is 26.3 Å². The monoisotopic (exact) mass is 662 g/mol. The maximum atomic E-state index is 15.7. The molecule has 0 aliphatic heterocycles. The summed E-state index contributed by atoms with van der Waals surface area (Å²) in [6, 6.07) is 17.6. The van der Waals surface area contributed by atoms with E-state index in [1.165, 1.54) is 26.0 Å². The Balaban J connectivity index is 1.64. The minimum Gasteiger partial charge on any atom is -0.372 e. The average Bonchev–Trinajstić information content (AvgIpc) is 3.61. The Morgan fingerprint density at radius 2 is 0.844 bits per heavy atom. The van der Waals surface area contributed by atoms with Gasteiger partial charge in [0.05, 0.1) is 0 Å². The molecule has 1 aliphatic rings. The highest BCUT2D eigenvalue weighted by molar-refractivity contribution is 7.16. The maximum absolute atomic E-state index is 15.7. The van der Waals surface area contributed by atoms with Gasteiger partial charge in [-0.15, -0.1) is 22.7 Å². The summed E-state index contributed by atoms with van der Waals surface area (Å²) in [5.41, 5.74) is 0.170. The second-order valence-corrected chi connectivity index (χ2v) is 13.6. The Hall–Kier alpha value is -3.24. The van der Waals surface area contributed by atoms with Gasteiger partial charge in [0.15, 0.2) is 0 Å². The SMILES string of the molecule is CCN(CC)c1ccc(-c2cc(C3=C(c4cc(-c5ccc(N(CC)CC)cc5)sc4C)C(F)(F)C(F)(F)C3(F)F)c(C)s2)cc1. The molecule has 0 saturated heterocycles. The highest BCUT2D eigenvalue weighted by atomic mass is 32.1. The van der Waals surface area contributed by atoms with Gasteiger partial charge in [-0.1, -0.05) is 24.3 Å². The van der Waals surface area contributed by atoms with Gasteiger partial charge < -0.3 is 9.80 Å². The lowest BCUT2D eigenvalue weighted by atomic mass is 9.94. The third-order valence-corrected chi connectivity index (χ3v) is 10.8. The van der Waals surface area contributed by atoms with Crippen molar-refractivity contribution in [2.24, 2.45) is 0 Å². The van der Waals surface area contributed by atoms with Crippen LogP contribution < -0.4 is 9.80 Å². The lowest BCUT2D eigenvalue weighted by Crippen LogP contribution is -2.48. The van der Waals surface area contributed by atoms with Crippen molar-refractivity contribution < 1.29 is 26.3 Å². The van der Waals surface area contributed by atoms with Gasteiger partial charge >= 0.3 is 17.8 Å². The van der Waals surface area contributed by atoms with Crippen LogP contribution in [0.25, 0.3) is 32.0 Å². The molecule has 2 aromatic heterocycles. The van der Waals surface area contributed by atoms with Gasteiger partial charge in [-0.3, -0.25) is 0 Å². The predicted molar refractivity (Wildman–Crippen MR) is 178 cm³/mol. The summed E-state index contributed by atoms with van der Waals surface area (Å²) in [7, 11) is 0. The Bertz CT molecular complexity index is 1570. The van der Waals surface area contributed by atoms with Crippen LogP contribution in [0, 0.1) is 13.8 Å². The van der Waals surface area contributed by atoms with E-state index >= 15 is 26.3 Å². The molecule has 0 radical (unpaired) electrons. The first-order chi connectivity index (χ1) is 21.2. The van der Waals surface area contributed by atoms with Crippen molar-refractivity contribution in [3.8, 4) is 20.9 Å². The fourth-order valence-electron chi connectivity index (χ4n) is 6.03. The molecule has 4 aromatic rings. The normalized spacial score (nSPS) is 16.8. The first-order valence-corrected chi connectivity index (χ1v) is 16.7. The molecule has 1 aliphatic carbocycles. The fourth-order valence-corrected chi connectivity index (χ4v) is 8.09. The van der Waals surface area contributed by atoms with Gasteiger partial charge in [-0.05, 0) is 100 Å². The molecular weight excluding hydrogens is 627 g/mol. The number of benzene rings is 2. The van der Waals surface area contributed by atoms with Crippen molar-refractivity contribution in [1.82, 2.24) is 0 Å². The van der Waals surface area contributed by atoms with E-state index in [0.717, 1.165) is 60.2 Å². The van der Waals surface area contributed by atoms with Crippen molar-refractivity contribution in [2.45, 2.75) is 59.3 Å². The third-order valence-electron chi connectivity index (χ3n) is 8.60.